The van der Waals surface area contributed by atoms with Crippen LogP contribution >= 0.6 is 0 Å². The monoisotopic (exact) mass is 305 g/mol. The third-order valence-electron chi connectivity index (χ3n) is 3.35. The Bertz CT molecular complexity index is 405. The molecule has 1 saturated heterocycles. The summed E-state index contributed by atoms with van der Waals surface area (Å²) in [7, 11) is -2.95. The summed E-state index contributed by atoms with van der Waals surface area (Å²) in [5.74, 6) is 0.787. The smallest absolute Gasteiger partial charge is 0.225 e. The SMILES string of the molecule is CCCN(C(=O)CCOCC(C)C)C1CCS(=O)(=O)C1. The fraction of sp³-hybridized carbons (Fsp3) is 0.929. The zero-order valence-corrected chi connectivity index (χ0v) is 13.6. The third-order valence-corrected chi connectivity index (χ3v) is 5.10. The zero-order valence-electron chi connectivity index (χ0n) is 12.8. The molecule has 5 nitrogen and oxygen atoms in total. The van der Waals surface area contributed by atoms with Crippen molar-refractivity contribution in [2.75, 3.05) is 31.3 Å². The van der Waals surface area contributed by atoms with E-state index in [2.05, 4.69) is 13.8 Å². The molecule has 1 aliphatic heterocycles. The number of ether oxygens (including phenoxy) is 1. The Kier molecular flexibility index (Phi) is 6.95. The van der Waals surface area contributed by atoms with Crippen molar-refractivity contribution in [3.8, 4) is 0 Å². The van der Waals surface area contributed by atoms with Crippen molar-refractivity contribution in [3.63, 3.8) is 0 Å². The topological polar surface area (TPSA) is 63.7 Å². The summed E-state index contributed by atoms with van der Waals surface area (Å²) in [6.45, 7) is 7.82. The number of nitrogens with zero attached hydrogens (tertiary/aromatic N) is 1. The molecule has 1 unspecified atom stereocenters. The molecule has 0 radical (unpaired) electrons. The van der Waals surface area contributed by atoms with E-state index in [1.54, 1.807) is 4.90 Å². The van der Waals surface area contributed by atoms with Crippen LogP contribution in [0, 0.1) is 5.92 Å². The number of carbonyl (C=O) groups excluding carboxylic acids is 1. The minimum absolute atomic E-state index is 0.0118. The average molecular weight is 305 g/mol. The van der Waals surface area contributed by atoms with Gasteiger partial charge in [0.05, 0.1) is 24.5 Å². The molecule has 118 valence electrons. The molecule has 0 bridgehead atoms. The first-order valence-corrected chi connectivity index (χ1v) is 9.25. The number of carbonyl (C=O) groups is 1. The van der Waals surface area contributed by atoms with E-state index in [0.29, 0.717) is 38.5 Å². The van der Waals surface area contributed by atoms with Gasteiger partial charge in [-0.2, -0.15) is 0 Å². The standard InChI is InChI=1S/C14H27NO4S/c1-4-7-15(13-6-9-20(17,18)11-13)14(16)5-8-19-10-12(2)3/h12-13H,4-11H2,1-3H3. The predicted octanol–water partition coefficient (Wildman–Crippen LogP) is 1.47. The van der Waals surface area contributed by atoms with Crippen molar-refractivity contribution >= 4 is 15.7 Å². The summed E-state index contributed by atoms with van der Waals surface area (Å²) in [5.41, 5.74) is 0. The summed E-state index contributed by atoms with van der Waals surface area (Å²) in [6, 6.07) is -0.141. The molecular formula is C14H27NO4S. The first kappa shape index (κ1) is 17.4. The second kappa shape index (κ2) is 7.98. The molecule has 20 heavy (non-hydrogen) atoms. The lowest BCUT2D eigenvalue weighted by Gasteiger charge is -2.28. The Balaban J connectivity index is 2.47. The Morgan fingerprint density at radius 3 is 2.60 bits per heavy atom. The number of amides is 1. The molecule has 0 aliphatic carbocycles. The van der Waals surface area contributed by atoms with Crippen LogP contribution in [0.15, 0.2) is 0 Å². The summed E-state index contributed by atoms with van der Waals surface area (Å²) < 4.78 is 28.5. The van der Waals surface area contributed by atoms with E-state index >= 15 is 0 Å². The maximum absolute atomic E-state index is 12.2. The van der Waals surface area contributed by atoms with Crippen molar-refractivity contribution in [3.05, 3.63) is 0 Å². The van der Waals surface area contributed by atoms with Gasteiger partial charge in [0.1, 0.15) is 0 Å². The fourth-order valence-corrected chi connectivity index (χ4v) is 4.13. The van der Waals surface area contributed by atoms with E-state index in [9.17, 15) is 13.2 Å². The average Bonchev–Trinajstić information content (AvgIpc) is 2.71. The number of sulfone groups is 1. The Morgan fingerprint density at radius 1 is 1.40 bits per heavy atom. The van der Waals surface area contributed by atoms with Gasteiger partial charge < -0.3 is 9.64 Å². The van der Waals surface area contributed by atoms with Gasteiger partial charge in [0, 0.05) is 19.2 Å². The maximum atomic E-state index is 12.2. The van der Waals surface area contributed by atoms with Gasteiger partial charge in [-0.25, -0.2) is 8.42 Å². The Labute approximate surface area is 122 Å². The van der Waals surface area contributed by atoms with Crippen LogP contribution < -0.4 is 0 Å². The molecule has 0 spiro atoms. The van der Waals surface area contributed by atoms with Gasteiger partial charge >= 0.3 is 0 Å². The molecule has 1 aliphatic rings. The predicted molar refractivity (Wildman–Crippen MR) is 79.3 cm³/mol. The van der Waals surface area contributed by atoms with Crippen molar-refractivity contribution in [2.45, 2.75) is 46.1 Å². The summed E-state index contributed by atoms with van der Waals surface area (Å²) >= 11 is 0. The first-order valence-electron chi connectivity index (χ1n) is 7.43. The fourth-order valence-electron chi connectivity index (χ4n) is 2.40. The molecule has 0 aromatic rings. The quantitative estimate of drug-likeness (QED) is 0.637. The van der Waals surface area contributed by atoms with Gasteiger partial charge in [-0.3, -0.25) is 4.79 Å². The van der Waals surface area contributed by atoms with Crippen molar-refractivity contribution in [2.24, 2.45) is 5.92 Å². The lowest BCUT2D eigenvalue weighted by Crippen LogP contribution is -2.42. The zero-order chi connectivity index (χ0) is 15.2. The van der Waals surface area contributed by atoms with E-state index in [1.165, 1.54) is 0 Å². The molecule has 0 aromatic carbocycles. The van der Waals surface area contributed by atoms with E-state index in [4.69, 9.17) is 4.74 Å². The number of hydrogen-bond acceptors (Lipinski definition) is 4. The van der Waals surface area contributed by atoms with Crippen LogP contribution in [-0.4, -0.2) is 56.5 Å². The highest BCUT2D eigenvalue weighted by atomic mass is 32.2. The normalized spacial score (nSPS) is 21.3. The molecular weight excluding hydrogens is 278 g/mol. The summed E-state index contributed by atoms with van der Waals surface area (Å²) in [6.07, 6.45) is 1.75. The largest absolute Gasteiger partial charge is 0.381 e. The molecule has 1 fully saturated rings. The highest BCUT2D eigenvalue weighted by Gasteiger charge is 2.33. The maximum Gasteiger partial charge on any atom is 0.225 e. The first-order chi connectivity index (χ1) is 9.35. The minimum Gasteiger partial charge on any atom is -0.381 e. The van der Waals surface area contributed by atoms with Gasteiger partial charge in [0.2, 0.25) is 5.91 Å². The van der Waals surface area contributed by atoms with Crippen LogP contribution in [0.5, 0.6) is 0 Å². The third kappa shape index (κ3) is 5.79. The van der Waals surface area contributed by atoms with Gasteiger partial charge in [-0.15, -0.1) is 0 Å². The summed E-state index contributed by atoms with van der Waals surface area (Å²) in [5, 5.41) is 0. The van der Waals surface area contributed by atoms with Crippen LogP contribution in [0.2, 0.25) is 0 Å². The molecule has 0 aromatic heterocycles. The molecule has 6 heteroatoms. The number of hydrogen-bond donors (Lipinski definition) is 0. The van der Waals surface area contributed by atoms with E-state index in [-0.39, 0.29) is 23.5 Å². The minimum atomic E-state index is -2.95. The van der Waals surface area contributed by atoms with Crippen LogP contribution in [0.3, 0.4) is 0 Å². The lowest BCUT2D eigenvalue weighted by atomic mass is 10.2. The highest BCUT2D eigenvalue weighted by molar-refractivity contribution is 7.91. The summed E-state index contributed by atoms with van der Waals surface area (Å²) in [4.78, 5) is 14.0. The van der Waals surface area contributed by atoms with Gasteiger partial charge in [0.15, 0.2) is 9.84 Å². The molecule has 1 amide bonds. The van der Waals surface area contributed by atoms with Gasteiger partial charge in [-0.05, 0) is 18.8 Å². The second-order valence-electron chi connectivity index (χ2n) is 5.86. The van der Waals surface area contributed by atoms with Crippen LogP contribution in [0.1, 0.15) is 40.0 Å². The Hall–Kier alpha value is -0.620. The molecule has 1 atom stereocenters. The van der Waals surface area contributed by atoms with Crippen molar-refractivity contribution < 1.29 is 17.9 Å². The lowest BCUT2D eigenvalue weighted by molar-refractivity contribution is -0.134. The molecule has 0 saturated carbocycles. The van der Waals surface area contributed by atoms with Gasteiger partial charge in [0.25, 0.3) is 0 Å². The second-order valence-corrected chi connectivity index (χ2v) is 8.09. The molecule has 1 rings (SSSR count). The van der Waals surface area contributed by atoms with Crippen LogP contribution in [-0.2, 0) is 19.4 Å². The van der Waals surface area contributed by atoms with Crippen molar-refractivity contribution in [1.82, 2.24) is 4.90 Å². The molecule has 0 N–H and O–H groups in total. The van der Waals surface area contributed by atoms with E-state index in [1.807, 2.05) is 6.92 Å². The van der Waals surface area contributed by atoms with E-state index < -0.39 is 9.84 Å². The van der Waals surface area contributed by atoms with Crippen molar-refractivity contribution in [1.29, 1.82) is 0 Å². The van der Waals surface area contributed by atoms with Gasteiger partial charge in [-0.1, -0.05) is 20.8 Å². The van der Waals surface area contributed by atoms with E-state index in [0.717, 1.165) is 6.42 Å². The molecule has 1 heterocycles. The Morgan fingerprint density at radius 2 is 2.10 bits per heavy atom. The number of rotatable bonds is 8. The van der Waals surface area contributed by atoms with Crippen LogP contribution in [0.25, 0.3) is 0 Å². The van der Waals surface area contributed by atoms with Crippen LogP contribution in [0.4, 0.5) is 0 Å². The highest BCUT2D eigenvalue weighted by Crippen LogP contribution is 2.19.